The van der Waals surface area contributed by atoms with Gasteiger partial charge in [-0.05, 0) is 55.9 Å². The number of carbonyl (C=O) groups is 1. The summed E-state index contributed by atoms with van der Waals surface area (Å²) in [5.74, 6) is -0.507. The Bertz CT molecular complexity index is 1010. The van der Waals surface area contributed by atoms with Crippen molar-refractivity contribution in [1.82, 2.24) is 25.0 Å². The van der Waals surface area contributed by atoms with E-state index in [1.807, 2.05) is 25.1 Å². The molecule has 162 valence electrons. The molecule has 1 aliphatic heterocycles. The Morgan fingerprint density at radius 3 is 2.52 bits per heavy atom. The molecule has 1 fully saturated rings. The summed E-state index contributed by atoms with van der Waals surface area (Å²) >= 11 is 0. The Kier molecular flexibility index (Phi) is 6.27. The van der Waals surface area contributed by atoms with E-state index in [2.05, 4.69) is 32.1 Å². The molecule has 0 spiro atoms. The number of likely N-dealkylation sites (N-methyl/N-ethyl adjacent to an activating group) is 1. The summed E-state index contributed by atoms with van der Waals surface area (Å²) in [5, 5.41) is 7.10. The van der Waals surface area contributed by atoms with Gasteiger partial charge in [0, 0.05) is 43.0 Å². The summed E-state index contributed by atoms with van der Waals surface area (Å²) in [6, 6.07) is 11.6. The van der Waals surface area contributed by atoms with E-state index in [1.165, 1.54) is 18.5 Å². The van der Waals surface area contributed by atoms with E-state index in [9.17, 15) is 9.18 Å². The van der Waals surface area contributed by atoms with E-state index in [0.717, 1.165) is 49.7 Å². The van der Waals surface area contributed by atoms with Gasteiger partial charge in [-0.15, -0.1) is 0 Å². The second-order valence-corrected chi connectivity index (χ2v) is 7.71. The molecule has 1 aromatic heterocycles. The van der Waals surface area contributed by atoms with Gasteiger partial charge < -0.3 is 15.1 Å². The van der Waals surface area contributed by atoms with Gasteiger partial charge in [-0.2, -0.15) is 5.10 Å². The van der Waals surface area contributed by atoms with Crippen molar-refractivity contribution in [2.45, 2.75) is 19.9 Å². The highest BCUT2D eigenvalue weighted by Crippen LogP contribution is 2.28. The Balaban J connectivity index is 1.48. The van der Waals surface area contributed by atoms with Crippen LogP contribution in [0.25, 0.3) is 5.69 Å². The van der Waals surface area contributed by atoms with Gasteiger partial charge in [-0.25, -0.2) is 14.1 Å². The van der Waals surface area contributed by atoms with Crippen molar-refractivity contribution in [1.29, 1.82) is 0 Å². The number of amides is 1. The van der Waals surface area contributed by atoms with Crippen molar-refractivity contribution >= 4 is 11.6 Å². The predicted octanol–water partition coefficient (Wildman–Crippen LogP) is 3.04. The molecule has 1 unspecified atom stereocenters. The van der Waals surface area contributed by atoms with Gasteiger partial charge in [0.15, 0.2) is 0 Å². The van der Waals surface area contributed by atoms with E-state index in [4.69, 9.17) is 0 Å². The van der Waals surface area contributed by atoms with Crippen LogP contribution in [0.2, 0.25) is 0 Å². The molecule has 3 aromatic rings. The smallest absolute Gasteiger partial charge is 0.251 e. The van der Waals surface area contributed by atoms with Crippen LogP contribution in [0.5, 0.6) is 0 Å². The number of nitrogens with one attached hydrogen (secondary N) is 1. The average molecular weight is 423 g/mol. The zero-order valence-electron chi connectivity index (χ0n) is 17.8. The third-order valence-corrected chi connectivity index (χ3v) is 5.78. The molecule has 0 radical (unpaired) electrons. The zero-order valence-corrected chi connectivity index (χ0v) is 17.8. The molecule has 1 aliphatic rings. The molecule has 2 aromatic carbocycles. The highest BCUT2D eigenvalue weighted by Gasteiger charge is 2.22. The molecule has 1 saturated heterocycles. The fourth-order valence-electron chi connectivity index (χ4n) is 3.93. The topological polar surface area (TPSA) is 66.3 Å². The normalized spacial score (nSPS) is 15.6. The van der Waals surface area contributed by atoms with Crippen molar-refractivity contribution in [2.24, 2.45) is 0 Å². The van der Waals surface area contributed by atoms with E-state index in [0.29, 0.717) is 5.56 Å². The summed E-state index contributed by atoms with van der Waals surface area (Å²) in [5.41, 5.74) is 3.12. The maximum Gasteiger partial charge on any atom is 0.251 e. The minimum Gasteiger partial charge on any atom is -0.369 e. The van der Waals surface area contributed by atoms with Crippen molar-refractivity contribution in [3.63, 3.8) is 0 Å². The first-order valence-corrected chi connectivity index (χ1v) is 10.6. The number of nitrogens with zero attached hydrogens (tertiary/aromatic N) is 5. The Morgan fingerprint density at radius 1 is 1.13 bits per heavy atom. The quantitative estimate of drug-likeness (QED) is 0.662. The number of hydrogen-bond acceptors (Lipinski definition) is 5. The molecular formula is C23H27FN6O. The fraction of sp³-hybridized carbons (Fsp3) is 0.348. The fourth-order valence-corrected chi connectivity index (χ4v) is 3.93. The van der Waals surface area contributed by atoms with Gasteiger partial charge >= 0.3 is 0 Å². The first kappa shape index (κ1) is 21.0. The number of hydrogen-bond donors (Lipinski definition) is 1. The third-order valence-electron chi connectivity index (χ3n) is 5.78. The number of piperazine rings is 1. The van der Waals surface area contributed by atoms with Gasteiger partial charge in [0.05, 0.1) is 11.7 Å². The van der Waals surface area contributed by atoms with Crippen LogP contribution in [0, 0.1) is 5.82 Å². The summed E-state index contributed by atoms with van der Waals surface area (Å²) < 4.78 is 15.7. The lowest BCUT2D eigenvalue weighted by atomic mass is 10.0. The molecule has 1 atom stereocenters. The molecule has 2 heterocycles. The average Bonchev–Trinajstić information content (AvgIpc) is 3.34. The van der Waals surface area contributed by atoms with E-state index in [-0.39, 0.29) is 17.8 Å². The Morgan fingerprint density at radius 2 is 1.87 bits per heavy atom. The monoisotopic (exact) mass is 422 g/mol. The van der Waals surface area contributed by atoms with E-state index in [1.54, 1.807) is 23.1 Å². The Labute approximate surface area is 181 Å². The van der Waals surface area contributed by atoms with Crippen LogP contribution in [0.3, 0.4) is 0 Å². The molecule has 7 nitrogen and oxygen atoms in total. The summed E-state index contributed by atoms with van der Waals surface area (Å²) in [4.78, 5) is 21.4. The van der Waals surface area contributed by atoms with Gasteiger partial charge in [0.1, 0.15) is 18.5 Å². The highest BCUT2D eigenvalue weighted by molar-refractivity contribution is 5.94. The lowest BCUT2D eigenvalue weighted by molar-refractivity contribution is 0.0940. The number of rotatable bonds is 6. The minimum absolute atomic E-state index is 0.205. The SMILES string of the molecule is CCN1CCN(c2ccc(F)cc2C(C)NC(=O)c2ccc(-n3cncn3)cc2)CC1. The van der Waals surface area contributed by atoms with Gasteiger partial charge in [0.2, 0.25) is 0 Å². The van der Waals surface area contributed by atoms with Crippen LogP contribution in [-0.2, 0) is 0 Å². The van der Waals surface area contributed by atoms with Crippen molar-refractivity contribution in [2.75, 3.05) is 37.6 Å². The lowest BCUT2D eigenvalue weighted by Crippen LogP contribution is -2.46. The number of benzene rings is 2. The summed E-state index contributed by atoms with van der Waals surface area (Å²) in [6.07, 6.45) is 3.06. The summed E-state index contributed by atoms with van der Waals surface area (Å²) in [7, 11) is 0. The van der Waals surface area contributed by atoms with Gasteiger partial charge in [-0.1, -0.05) is 6.92 Å². The number of anilines is 1. The number of aromatic nitrogens is 3. The third kappa shape index (κ3) is 4.74. The standard InChI is InChI=1S/C23H27FN6O/c1-3-28-10-12-29(13-11-28)22-9-6-19(24)14-21(22)17(2)27-23(31)18-4-7-20(8-5-18)30-16-25-15-26-30/h4-9,14-17H,3,10-13H2,1-2H3,(H,27,31). The van der Waals surface area contributed by atoms with Crippen LogP contribution >= 0.6 is 0 Å². The molecule has 1 amide bonds. The maximum atomic E-state index is 14.1. The van der Waals surface area contributed by atoms with E-state index >= 15 is 0 Å². The molecular weight excluding hydrogens is 395 g/mol. The van der Waals surface area contributed by atoms with E-state index < -0.39 is 0 Å². The summed E-state index contributed by atoms with van der Waals surface area (Å²) in [6.45, 7) is 8.82. The maximum absolute atomic E-state index is 14.1. The van der Waals surface area contributed by atoms with Crippen LogP contribution in [0.4, 0.5) is 10.1 Å². The van der Waals surface area contributed by atoms with Crippen LogP contribution < -0.4 is 10.2 Å². The molecule has 31 heavy (non-hydrogen) atoms. The molecule has 0 saturated carbocycles. The van der Waals surface area contributed by atoms with Gasteiger partial charge in [0.25, 0.3) is 5.91 Å². The van der Waals surface area contributed by atoms with Crippen LogP contribution in [-0.4, -0.2) is 58.3 Å². The van der Waals surface area contributed by atoms with Gasteiger partial charge in [-0.3, -0.25) is 4.79 Å². The van der Waals surface area contributed by atoms with Crippen molar-refractivity contribution in [3.8, 4) is 5.69 Å². The largest absolute Gasteiger partial charge is 0.369 e. The van der Waals surface area contributed by atoms with Crippen molar-refractivity contribution < 1.29 is 9.18 Å². The van der Waals surface area contributed by atoms with Crippen LogP contribution in [0.1, 0.15) is 35.8 Å². The second kappa shape index (κ2) is 9.26. The van der Waals surface area contributed by atoms with Crippen molar-refractivity contribution in [3.05, 3.63) is 72.1 Å². The molecule has 1 N–H and O–H groups in total. The number of halogens is 1. The second-order valence-electron chi connectivity index (χ2n) is 7.71. The zero-order chi connectivity index (χ0) is 21.8. The minimum atomic E-state index is -0.336. The predicted molar refractivity (Wildman–Crippen MR) is 118 cm³/mol. The molecule has 0 bridgehead atoms. The Hall–Kier alpha value is -3.26. The first-order chi connectivity index (χ1) is 15.0. The lowest BCUT2D eigenvalue weighted by Gasteiger charge is -2.37. The van der Waals surface area contributed by atoms with Crippen LogP contribution in [0.15, 0.2) is 55.1 Å². The molecule has 0 aliphatic carbocycles. The number of carbonyl (C=O) groups excluding carboxylic acids is 1. The highest BCUT2D eigenvalue weighted by atomic mass is 19.1. The molecule has 4 rings (SSSR count). The first-order valence-electron chi connectivity index (χ1n) is 10.6. The molecule has 8 heteroatoms.